The fourth-order valence-electron chi connectivity index (χ4n) is 3.88. The lowest BCUT2D eigenvalue weighted by molar-refractivity contribution is 0.102. The van der Waals surface area contributed by atoms with Gasteiger partial charge in [-0.3, -0.25) is 14.1 Å². The number of carbonyl (C=O) groups is 1. The molecule has 160 valence electrons. The molecule has 1 aliphatic rings. The number of piperazine rings is 1. The van der Waals surface area contributed by atoms with Gasteiger partial charge in [-0.15, -0.1) is 11.3 Å². The zero-order valence-electron chi connectivity index (χ0n) is 17.4. The largest absolute Gasteiger partial charge is 0.321 e. The third-order valence-electron chi connectivity index (χ3n) is 5.61. The van der Waals surface area contributed by atoms with Crippen LogP contribution in [0.1, 0.15) is 21.6 Å². The summed E-state index contributed by atoms with van der Waals surface area (Å²) in [7, 11) is 0. The number of nitrogens with one attached hydrogen (secondary N) is 2. The van der Waals surface area contributed by atoms with Gasteiger partial charge in [-0.05, 0) is 30.3 Å². The second kappa shape index (κ2) is 8.93. The van der Waals surface area contributed by atoms with Crippen LogP contribution in [0.15, 0.2) is 60.1 Å². The van der Waals surface area contributed by atoms with Gasteiger partial charge >= 0.3 is 0 Å². The molecule has 0 unspecified atom stereocenters. The molecule has 2 aromatic heterocycles. The topological polar surface area (TPSA) is 85.5 Å². The van der Waals surface area contributed by atoms with Gasteiger partial charge in [0.1, 0.15) is 0 Å². The van der Waals surface area contributed by atoms with E-state index in [0.717, 1.165) is 48.9 Å². The molecular weight excluding hydrogens is 420 g/mol. The molecule has 7 nitrogen and oxygen atoms in total. The van der Waals surface area contributed by atoms with Crippen LogP contribution in [0.4, 0.5) is 5.69 Å². The van der Waals surface area contributed by atoms with Gasteiger partial charge in [0.2, 0.25) is 0 Å². The van der Waals surface area contributed by atoms with Gasteiger partial charge in [0.05, 0.1) is 23.0 Å². The smallest absolute Gasteiger partial charge is 0.255 e. The van der Waals surface area contributed by atoms with Crippen LogP contribution in [0.2, 0.25) is 0 Å². The number of hydrogen-bond donors (Lipinski definition) is 2. The van der Waals surface area contributed by atoms with Gasteiger partial charge in [-0.2, -0.15) is 5.26 Å². The first-order valence-electron chi connectivity index (χ1n) is 10.5. The van der Waals surface area contributed by atoms with Crippen molar-refractivity contribution < 1.29 is 4.79 Å². The molecule has 0 spiro atoms. The van der Waals surface area contributed by atoms with Crippen LogP contribution in [0.25, 0.3) is 16.2 Å². The highest BCUT2D eigenvalue weighted by Crippen LogP contribution is 2.30. The number of aromatic nitrogens is 2. The SMILES string of the molecule is N#Cc1ccc(C(=O)Nc2ccccc2-c2cn3c(CN4CCNCC4)csc3n2)cc1. The fourth-order valence-corrected chi connectivity index (χ4v) is 4.74. The van der Waals surface area contributed by atoms with Crippen molar-refractivity contribution >= 4 is 27.9 Å². The van der Waals surface area contributed by atoms with Gasteiger partial charge in [-0.25, -0.2) is 4.98 Å². The fraction of sp³-hybridized carbons (Fsp3) is 0.208. The van der Waals surface area contributed by atoms with Crippen molar-refractivity contribution in [3.63, 3.8) is 0 Å². The normalized spacial score (nSPS) is 14.3. The lowest BCUT2D eigenvalue weighted by atomic mass is 10.1. The number of nitriles is 1. The van der Waals surface area contributed by atoms with E-state index in [-0.39, 0.29) is 5.91 Å². The summed E-state index contributed by atoms with van der Waals surface area (Å²) in [6, 6.07) is 16.4. The Morgan fingerprint density at radius 3 is 2.72 bits per heavy atom. The minimum atomic E-state index is -0.220. The number of thiazole rings is 1. The number of para-hydroxylation sites is 1. The Labute approximate surface area is 189 Å². The molecule has 0 saturated carbocycles. The van der Waals surface area contributed by atoms with Crippen LogP contribution in [0.3, 0.4) is 0 Å². The summed E-state index contributed by atoms with van der Waals surface area (Å²) in [5, 5.41) is 17.5. The summed E-state index contributed by atoms with van der Waals surface area (Å²) in [5.41, 5.74) is 4.66. The van der Waals surface area contributed by atoms with Gasteiger partial charge in [0, 0.05) is 61.1 Å². The van der Waals surface area contributed by atoms with E-state index in [9.17, 15) is 4.79 Å². The van der Waals surface area contributed by atoms with Crippen molar-refractivity contribution in [2.45, 2.75) is 6.54 Å². The van der Waals surface area contributed by atoms with Crippen molar-refractivity contribution in [2.24, 2.45) is 0 Å². The standard InChI is InChI=1S/C24H22N6OS/c25-13-17-5-7-18(8-6-17)23(31)27-21-4-2-1-3-20(21)22-15-30-19(16-32-24(30)28-22)14-29-11-9-26-10-12-29/h1-8,15-16,26H,9-12,14H2,(H,27,31). The zero-order chi connectivity index (χ0) is 21.9. The van der Waals surface area contributed by atoms with Crippen LogP contribution in [0.5, 0.6) is 0 Å². The predicted molar refractivity (Wildman–Crippen MR) is 126 cm³/mol. The highest BCUT2D eigenvalue weighted by Gasteiger charge is 2.17. The van der Waals surface area contributed by atoms with Crippen molar-refractivity contribution in [2.75, 3.05) is 31.5 Å². The van der Waals surface area contributed by atoms with Crippen molar-refractivity contribution in [1.82, 2.24) is 19.6 Å². The lowest BCUT2D eigenvalue weighted by Crippen LogP contribution is -2.43. The first kappa shape index (κ1) is 20.4. The molecule has 0 atom stereocenters. The molecule has 4 aromatic rings. The second-order valence-electron chi connectivity index (χ2n) is 7.72. The Kier molecular flexibility index (Phi) is 5.69. The summed E-state index contributed by atoms with van der Waals surface area (Å²) in [6.45, 7) is 5.03. The second-order valence-corrected chi connectivity index (χ2v) is 8.56. The van der Waals surface area contributed by atoms with Gasteiger partial charge < -0.3 is 10.6 Å². The molecule has 32 heavy (non-hydrogen) atoms. The molecule has 0 bridgehead atoms. The summed E-state index contributed by atoms with van der Waals surface area (Å²) < 4.78 is 2.15. The number of nitrogens with zero attached hydrogens (tertiary/aromatic N) is 4. The van der Waals surface area contributed by atoms with Crippen molar-refractivity contribution in [1.29, 1.82) is 5.26 Å². The highest BCUT2D eigenvalue weighted by molar-refractivity contribution is 7.15. The molecule has 1 fully saturated rings. The molecule has 1 amide bonds. The molecule has 5 rings (SSSR count). The first-order valence-corrected chi connectivity index (χ1v) is 11.4. The molecule has 0 aliphatic carbocycles. The summed E-state index contributed by atoms with van der Waals surface area (Å²) >= 11 is 1.63. The van der Waals surface area contributed by atoms with E-state index in [2.05, 4.69) is 37.6 Å². The van der Waals surface area contributed by atoms with Crippen molar-refractivity contribution in [3.05, 3.63) is 76.9 Å². The molecule has 2 aromatic carbocycles. The first-order chi connectivity index (χ1) is 15.7. The Bertz CT molecular complexity index is 1290. The maximum absolute atomic E-state index is 12.8. The molecular formula is C24H22N6OS. The molecule has 0 radical (unpaired) electrons. The number of fused-ring (bicyclic) bond motifs is 1. The Morgan fingerprint density at radius 1 is 1.16 bits per heavy atom. The molecule has 1 aliphatic heterocycles. The van der Waals surface area contributed by atoms with E-state index in [1.807, 2.05) is 24.3 Å². The average molecular weight is 443 g/mol. The third-order valence-corrected chi connectivity index (χ3v) is 6.49. The highest BCUT2D eigenvalue weighted by atomic mass is 32.1. The number of imidazole rings is 1. The monoisotopic (exact) mass is 442 g/mol. The predicted octanol–water partition coefficient (Wildman–Crippen LogP) is 3.59. The lowest BCUT2D eigenvalue weighted by Gasteiger charge is -2.26. The summed E-state index contributed by atoms with van der Waals surface area (Å²) in [4.78, 5) is 21.0. The number of hydrogen-bond acceptors (Lipinski definition) is 6. The van der Waals surface area contributed by atoms with E-state index >= 15 is 0 Å². The van der Waals surface area contributed by atoms with Gasteiger partial charge in [-0.1, -0.05) is 18.2 Å². The third kappa shape index (κ3) is 4.14. The number of benzene rings is 2. The van der Waals surface area contributed by atoms with E-state index in [4.69, 9.17) is 10.2 Å². The minimum Gasteiger partial charge on any atom is -0.321 e. The Hall–Kier alpha value is -3.51. The van der Waals surface area contributed by atoms with Gasteiger partial charge in [0.25, 0.3) is 5.91 Å². The minimum absolute atomic E-state index is 0.220. The number of anilines is 1. The van der Waals surface area contributed by atoms with E-state index < -0.39 is 0 Å². The molecule has 2 N–H and O–H groups in total. The van der Waals surface area contributed by atoms with E-state index in [1.54, 1.807) is 35.6 Å². The maximum atomic E-state index is 12.8. The molecule has 8 heteroatoms. The number of amides is 1. The summed E-state index contributed by atoms with van der Waals surface area (Å²) in [5.74, 6) is -0.220. The average Bonchev–Trinajstić information content (AvgIpc) is 3.42. The maximum Gasteiger partial charge on any atom is 0.255 e. The van der Waals surface area contributed by atoms with Crippen LogP contribution < -0.4 is 10.6 Å². The van der Waals surface area contributed by atoms with Crippen LogP contribution >= 0.6 is 11.3 Å². The molecule has 3 heterocycles. The zero-order valence-corrected chi connectivity index (χ0v) is 18.2. The van der Waals surface area contributed by atoms with Crippen molar-refractivity contribution in [3.8, 4) is 17.3 Å². The molecule has 1 saturated heterocycles. The Balaban J connectivity index is 1.40. The van der Waals surface area contributed by atoms with E-state index in [1.165, 1.54) is 5.69 Å². The number of rotatable bonds is 5. The quantitative estimate of drug-likeness (QED) is 0.493. The number of carbonyl (C=O) groups excluding carboxylic acids is 1. The van der Waals surface area contributed by atoms with Crippen LogP contribution in [-0.2, 0) is 6.54 Å². The van der Waals surface area contributed by atoms with Gasteiger partial charge in [0.15, 0.2) is 4.96 Å². The summed E-state index contributed by atoms with van der Waals surface area (Å²) in [6.07, 6.45) is 2.05. The Morgan fingerprint density at radius 2 is 1.94 bits per heavy atom. The van der Waals surface area contributed by atoms with E-state index in [0.29, 0.717) is 16.8 Å². The van der Waals surface area contributed by atoms with Crippen LogP contribution in [0, 0.1) is 11.3 Å². The van der Waals surface area contributed by atoms with Crippen LogP contribution in [-0.4, -0.2) is 46.4 Å².